The van der Waals surface area contributed by atoms with Gasteiger partial charge in [-0.25, -0.2) is 5.43 Å². The van der Waals surface area contributed by atoms with Crippen molar-refractivity contribution in [2.75, 3.05) is 0 Å². The smallest absolute Gasteiger partial charge is 0.267 e. The van der Waals surface area contributed by atoms with Gasteiger partial charge in [0.05, 0.1) is 16.2 Å². The summed E-state index contributed by atoms with van der Waals surface area (Å²) in [6.07, 6.45) is 3.25. The summed E-state index contributed by atoms with van der Waals surface area (Å²) >= 11 is 3.33. The third-order valence-electron chi connectivity index (χ3n) is 4.01. The third-order valence-corrected chi connectivity index (χ3v) is 4.54. The number of nitrogens with zero attached hydrogens (tertiary/aromatic N) is 2. The van der Waals surface area contributed by atoms with Crippen LogP contribution < -0.4 is 5.43 Å². The lowest BCUT2D eigenvalue weighted by Crippen LogP contribution is -2.19. The van der Waals surface area contributed by atoms with E-state index >= 15 is 0 Å². The van der Waals surface area contributed by atoms with Crippen LogP contribution in [0.5, 0.6) is 0 Å². The van der Waals surface area contributed by atoms with Gasteiger partial charge in [0.15, 0.2) is 0 Å². The van der Waals surface area contributed by atoms with Gasteiger partial charge in [0.25, 0.3) is 11.6 Å². The van der Waals surface area contributed by atoms with E-state index < -0.39 is 4.92 Å². The predicted octanol–water partition coefficient (Wildman–Crippen LogP) is 5.20. The lowest BCUT2D eigenvalue weighted by atomic mass is 10.1. The monoisotopic (exact) mass is 449 g/mol. The summed E-state index contributed by atoms with van der Waals surface area (Å²) in [5.74, 6) is -0.356. The fourth-order valence-electron chi connectivity index (χ4n) is 2.55. The minimum atomic E-state index is -0.436. The number of hydrogen-bond acceptors (Lipinski definition) is 4. The number of rotatable bonds is 6. The van der Waals surface area contributed by atoms with Crippen LogP contribution in [0.15, 0.2) is 94.5 Å². The van der Waals surface area contributed by atoms with E-state index in [-0.39, 0.29) is 11.6 Å². The van der Waals surface area contributed by atoms with Crippen LogP contribution in [0.4, 0.5) is 5.69 Å². The second-order valence-electron chi connectivity index (χ2n) is 5.96. The van der Waals surface area contributed by atoms with E-state index in [0.717, 1.165) is 10.0 Å². The molecule has 0 fully saturated rings. The molecule has 0 atom stereocenters. The standard InChI is InChI=1S/C22H16BrN3O3/c23-19-13-10-18(11-14-19)22(27)25-24-20(16-6-2-1-3-7-16)15-12-17-8-4-5-9-21(17)26(28)29/h1-15H,(H,25,27). The van der Waals surface area contributed by atoms with E-state index in [4.69, 9.17) is 0 Å². The molecule has 6 nitrogen and oxygen atoms in total. The SMILES string of the molecule is O=C(NN=C(C=Cc1ccccc1[N+](=O)[O-])c1ccccc1)c1ccc(Br)cc1. The molecule has 3 aromatic carbocycles. The summed E-state index contributed by atoms with van der Waals surface area (Å²) in [7, 11) is 0. The number of nitrogens with one attached hydrogen (secondary N) is 1. The zero-order chi connectivity index (χ0) is 20.6. The average molecular weight is 450 g/mol. The predicted molar refractivity (Wildman–Crippen MR) is 117 cm³/mol. The summed E-state index contributed by atoms with van der Waals surface area (Å²) in [5.41, 5.74) is 4.67. The fraction of sp³-hybridized carbons (Fsp3) is 0. The summed E-state index contributed by atoms with van der Waals surface area (Å²) in [6, 6.07) is 22.6. The number of hydrazone groups is 1. The van der Waals surface area contributed by atoms with Crippen LogP contribution in [0.2, 0.25) is 0 Å². The lowest BCUT2D eigenvalue weighted by molar-refractivity contribution is -0.385. The molecule has 3 rings (SSSR count). The molecule has 0 unspecified atom stereocenters. The highest BCUT2D eigenvalue weighted by Crippen LogP contribution is 2.19. The highest BCUT2D eigenvalue weighted by Gasteiger charge is 2.10. The van der Waals surface area contributed by atoms with Crippen molar-refractivity contribution in [1.29, 1.82) is 0 Å². The molecule has 0 aliphatic carbocycles. The maximum atomic E-state index is 12.4. The van der Waals surface area contributed by atoms with Crippen molar-refractivity contribution in [2.24, 2.45) is 5.10 Å². The Morgan fingerprint density at radius 2 is 1.59 bits per heavy atom. The van der Waals surface area contributed by atoms with Gasteiger partial charge in [0.1, 0.15) is 0 Å². The molecule has 0 spiro atoms. The minimum absolute atomic E-state index is 0.00457. The van der Waals surface area contributed by atoms with Gasteiger partial charge in [-0.2, -0.15) is 5.10 Å². The Bertz CT molecular complexity index is 1080. The van der Waals surface area contributed by atoms with E-state index in [1.165, 1.54) is 6.07 Å². The number of benzene rings is 3. The Balaban J connectivity index is 1.89. The van der Waals surface area contributed by atoms with Crippen LogP contribution in [0, 0.1) is 10.1 Å². The Morgan fingerprint density at radius 1 is 0.931 bits per heavy atom. The van der Waals surface area contributed by atoms with Gasteiger partial charge in [0, 0.05) is 21.7 Å². The molecule has 0 bridgehead atoms. The topological polar surface area (TPSA) is 84.6 Å². The molecule has 0 saturated carbocycles. The number of halogens is 1. The van der Waals surface area contributed by atoms with Gasteiger partial charge in [-0.3, -0.25) is 14.9 Å². The summed E-state index contributed by atoms with van der Waals surface area (Å²) in [4.78, 5) is 23.1. The molecular weight excluding hydrogens is 434 g/mol. The van der Waals surface area contributed by atoms with E-state index in [0.29, 0.717) is 16.8 Å². The van der Waals surface area contributed by atoms with Crippen molar-refractivity contribution in [3.63, 3.8) is 0 Å². The molecule has 1 amide bonds. The second kappa shape index (κ2) is 9.57. The largest absolute Gasteiger partial charge is 0.276 e. The van der Waals surface area contributed by atoms with Crippen LogP contribution in [-0.4, -0.2) is 16.5 Å². The molecule has 7 heteroatoms. The van der Waals surface area contributed by atoms with Crippen molar-refractivity contribution >= 4 is 39.3 Å². The van der Waals surface area contributed by atoms with Crippen LogP contribution >= 0.6 is 15.9 Å². The highest BCUT2D eigenvalue weighted by molar-refractivity contribution is 9.10. The first kappa shape index (κ1) is 20.2. The van der Waals surface area contributed by atoms with Gasteiger partial charge < -0.3 is 0 Å². The summed E-state index contributed by atoms with van der Waals surface area (Å²) in [5, 5.41) is 15.4. The Kier molecular flexibility index (Phi) is 6.65. The fourth-order valence-corrected chi connectivity index (χ4v) is 2.81. The average Bonchev–Trinajstić information content (AvgIpc) is 2.75. The van der Waals surface area contributed by atoms with Gasteiger partial charge in [-0.1, -0.05) is 58.4 Å². The lowest BCUT2D eigenvalue weighted by Gasteiger charge is -2.05. The van der Waals surface area contributed by atoms with Gasteiger partial charge in [0.2, 0.25) is 0 Å². The van der Waals surface area contributed by atoms with Crippen molar-refractivity contribution in [3.05, 3.63) is 116 Å². The number of nitro benzene ring substituents is 1. The first-order valence-electron chi connectivity index (χ1n) is 8.65. The zero-order valence-corrected chi connectivity index (χ0v) is 16.7. The molecule has 0 saturated heterocycles. The normalized spacial score (nSPS) is 11.4. The number of carbonyl (C=O) groups is 1. The second-order valence-corrected chi connectivity index (χ2v) is 6.88. The molecule has 0 aromatic heterocycles. The zero-order valence-electron chi connectivity index (χ0n) is 15.2. The number of hydrogen-bond donors (Lipinski definition) is 1. The Labute approximate surface area is 175 Å². The number of amides is 1. The highest BCUT2D eigenvalue weighted by atomic mass is 79.9. The van der Waals surface area contributed by atoms with Gasteiger partial charge in [-0.05, 0) is 42.5 Å². The number of para-hydroxylation sites is 1. The maximum absolute atomic E-state index is 12.4. The molecular formula is C22H16BrN3O3. The number of nitro groups is 1. The summed E-state index contributed by atoms with van der Waals surface area (Å²) in [6.45, 7) is 0. The Hall–Kier alpha value is -3.58. The number of allylic oxidation sites excluding steroid dienone is 1. The molecule has 3 aromatic rings. The first-order valence-corrected chi connectivity index (χ1v) is 9.44. The van der Waals surface area contributed by atoms with Crippen molar-refractivity contribution in [3.8, 4) is 0 Å². The van der Waals surface area contributed by atoms with Crippen LogP contribution in [0.3, 0.4) is 0 Å². The van der Waals surface area contributed by atoms with Crippen molar-refractivity contribution in [1.82, 2.24) is 5.43 Å². The van der Waals surface area contributed by atoms with Crippen LogP contribution in [-0.2, 0) is 0 Å². The molecule has 1 N–H and O–H groups in total. The molecule has 144 valence electrons. The van der Waals surface area contributed by atoms with Crippen LogP contribution in [0.1, 0.15) is 21.5 Å². The summed E-state index contributed by atoms with van der Waals surface area (Å²) < 4.78 is 0.870. The maximum Gasteiger partial charge on any atom is 0.276 e. The molecule has 29 heavy (non-hydrogen) atoms. The van der Waals surface area contributed by atoms with E-state index in [1.807, 2.05) is 30.3 Å². The van der Waals surface area contributed by atoms with E-state index in [1.54, 1.807) is 54.6 Å². The van der Waals surface area contributed by atoms with E-state index in [9.17, 15) is 14.9 Å². The minimum Gasteiger partial charge on any atom is -0.267 e. The van der Waals surface area contributed by atoms with Crippen molar-refractivity contribution < 1.29 is 9.72 Å². The molecule has 0 aliphatic heterocycles. The third kappa shape index (κ3) is 5.46. The first-order chi connectivity index (χ1) is 14.0. The number of carbonyl (C=O) groups excluding carboxylic acids is 1. The quantitative estimate of drug-likeness (QED) is 0.318. The van der Waals surface area contributed by atoms with Gasteiger partial charge >= 0.3 is 0 Å². The van der Waals surface area contributed by atoms with Crippen LogP contribution in [0.25, 0.3) is 6.08 Å². The van der Waals surface area contributed by atoms with Crippen molar-refractivity contribution in [2.45, 2.75) is 0 Å². The molecule has 0 radical (unpaired) electrons. The Morgan fingerprint density at radius 3 is 2.28 bits per heavy atom. The molecule has 0 aliphatic rings. The van der Waals surface area contributed by atoms with Gasteiger partial charge in [-0.15, -0.1) is 0 Å². The van der Waals surface area contributed by atoms with E-state index in [2.05, 4.69) is 26.5 Å². The molecule has 0 heterocycles.